The minimum atomic E-state index is 0.577. The first-order chi connectivity index (χ1) is 13.6. The van der Waals surface area contributed by atoms with Gasteiger partial charge in [0.1, 0.15) is 5.82 Å². The van der Waals surface area contributed by atoms with E-state index in [9.17, 15) is 0 Å². The van der Waals surface area contributed by atoms with Crippen LogP contribution in [0.4, 0.5) is 0 Å². The van der Waals surface area contributed by atoms with Gasteiger partial charge in [-0.3, -0.25) is 4.99 Å². The zero-order chi connectivity index (χ0) is 20.2. The van der Waals surface area contributed by atoms with E-state index >= 15 is 0 Å². The van der Waals surface area contributed by atoms with E-state index in [0.717, 1.165) is 62.4 Å². The van der Waals surface area contributed by atoms with Gasteiger partial charge in [-0.1, -0.05) is 55.9 Å². The molecular weight excluding hydrogens is 368 g/mol. The summed E-state index contributed by atoms with van der Waals surface area (Å²) in [7, 11) is 0. The van der Waals surface area contributed by atoms with Gasteiger partial charge in [-0.25, -0.2) is 0 Å². The fourth-order valence-corrected chi connectivity index (χ4v) is 3.47. The highest BCUT2D eigenvalue weighted by Gasteiger charge is 2.12. The quantitative estimate of drug-likeness (QED) is 0.261. The molecule has 2 aromatic rings. The van der Waals surface area contributed by atoms with Crippen LogP contribution in [0.15, 0.2) is 40.5 Å². The number of benzene rings is 1. The van der Waals surface area contributed by atoms with Crippen molar-refractivity contribution in [2.75, 3.05) is 25.9 Å². The Balaban J connectivity index is 1.82. The minimum absolute atomic E-state index is 0.577. The van der Waals surface area contributed by atoms with Gasteiger partial charge >= 0.3 is 0 Å². The van der Waals surface area contributed by atoms with Gasteiger partial charge in [-0.2, -0.15) is 0 Å². The third kappa shape index (κ3) is 7.54. The Kier molecular flexibility index (Phi) is 9.90. The van der Waals surface area contributed by atoms with Crippen molar-refractivity contribution in [1.82, 2.24) is 25.4 Å². The van der Waals surface area contributed by atoms with Gasteiger partial charge in [0.2, 0.25) is 0 Å². The van der Waals surface area contributed by atoms with Gasteiger partial charge in [0.25, 0.3) is 0 Å². The largest absolute Gasteiger partial charge is 0.357 e. The fraction of sp³-hybridized carbons (Fsp3) is 0.571. The van der Waals surface area contributed by atoms with Crippen molar-refractivity contribution in [3.63, 3.8) is 0 Å². The second-order valence-electron chi connectivity index (χ2n) is 7.13. The lowest BCUT2D eigenvalue weighted by Gasteiger charge is -2.12. The summed E-state index contributed by atoms with van der Waals surface area (Å²) in [6, 6.07) is 10.5. The van der Waals surface area contributed by atoms with E-state index in [0.29, 0.717) is 5.92 Å². The Morgan fingerprint density at radius 2 is 1.93 bits per heavy atom. The average molecular weight is 403 g/mol. The molecule has 0 saturated heterocycles. The molecule has 0 atom stereocenters. The van der Waals surface area contributed by atoms with E-state index in [1.54, 1.807) is 11.8 Å². The molecule has 0 aliphatic rings. The highest BCUT2D eigenvalue weighted by molar-refractivity contribution is 7.98. The van der Waals surface area contributed by atoms with E-state index in [2.05, 4.69) is 76.7 Å². The van der Waals surface area contributed by atoms with E-state index in [4.69, 9.17) is 4.99 Å². The third-order valence-electron chi connectivity index (χ3n) is 4.25. The van der Waals surface area contributed by atoms with Gasteiger partial charge in [0.05, 0.1) is 0 Å². The van der Waals surface area contributed by atoms with Gasteiger partial charge in [-0.05, 0) is 37.5 Å². The number of rotatable bonds is 11. The third-order valence-corrected chi connectivity index (χ3v) is 4.91. The molecular formula is C21H34N6S. The predicted molar refractivity (Wildman–Crippen MR) is 119 cm³/mol. The molecule has 1 heterocycles. The maximum Gasteiger partial charge on any atom is 0.191 e. The molecule has 0 unspecified atom stereocenters. The number of nitrogens with zero attached hydrogens (tertiary/aromatic N) is 4. The smallest absolute Gasteiger partial charge is 0.191 e. The van der Waals surface area contributed by atoms with Crippen molar-refractivity contribution in [1.29, 1.82) is 0 Å². The molecule has 1 aromatic carbocycles. The second-order valence-corrected chi connectivity index (χ2v) is 7.91. The van der Waals surface area contributed by atoms with Crippen LogP contribution in [-0.2, 0) is 19.4 Å². The number of aromatic nitrogens is 3. The molecule has 6 nitrogen and oxygen atoms in total. The van der Waals surface area contributed by atoms with Crippen LogP contribution in [0, 0.1) is 5.92 Å². The Bertz CT molecular complexity index is 711. The Morgan fingerprint density at radius 3 is 2.61 bits per heavy atom. The first-order valence-corrected chi connectivity index (χ1v) is 11.4. The van der Waals surface area contributed by atoms with Gasteiger partial charge in [0.15, 0.2) is 11.1 Å². The van der Waals surface area contributed by atoms with E-state index in [-0.39, 0.29) is 0 Å². The predicted octanol–water partition coefficient (Wildman–Crippen LogP) is 3.39. The molecule has 0 amide bonds. The monoisotopic (exact) mass is 402 g/mol. The highest BCUT2D eigenvalue weighted by atomic mass is 32.2. The van der Waals surface area contributed by atoms with Gasteiger partial charge in [0, 0.05) is 32.6 Å². The first kappa shape index (κ1) is 22.3. The SMILES string of the molecule is CCNC(=NCCCc1nnc(SC)n1CC(C)C)NCCc1ccccc1. The number of aryl methyl sites for hydroxylation is 1. The number of hydrogen-bond acceptors (Lipinski definition) is 4. The average Bonchev–Trinajstić information content (AvgIpc) is 3.07. The summed E-state index contributed by atoms with van der Waals surface area (Å²) in [6.07, 6.45) is 4.90. The number of aliphatic imine (C=N–C) groups is 1. The molecule has 0 bridgehead atoms. The van der Waals surface area contributed by atoms with Crippen LogP contribution >= 0.6 is 11.8 Å². The maximum atomic E-state index is 4.71. The van der Waals surface area contributed by atoms with Crippen LogP contribution < -0.4 is 10.6 Å². The molecule has 0 aliphatic heterocycles. The summed E-state index contributed by atoms with van der Waals surface area (Å²) in [6.45, 7) is 10.00. The summed E-state index contributed by atoms with van der Waals surface area (Å²) in [5.74, 6) is 2.52. The highest BCUT2D eigenvalue weighted by Crippen LogP contribution is 2.16. The number of hydrogen-bond donors (Lipinski definition) is 2. The standard InChI is InChI=1S/C21H34N6S/c1-5-22-20(24-15-13-18-10-7-6-8-11-18)23-14-9-12-19-25-26-21(28-4)27(19)16-17(2)3/h6-8,10-11,17H,5,9,12-16H2,1-4H3,(H2,22,23,24). The summed E-state index contributed by atoms with van der Waals surface area (Å²) in [5, 5.41) is 16.4. The van der Waals surface area contributed by atoms with Crippen molar-refractivity contribution in [2.45, 2.75) is 51.7 Å². The number of thioether (sulfide) groups is 1. The van der Waals surface area contributed by atoms with E-state index in [1.165, 1.54) is 5.56 Å². The molecule has 1 aromatic heterocycles. The molecule has 7 heteroatoms. The lowest BCUT2D eigenvalue weighted by Crippen LogP contribution is -2.38. The first-order valence-electron chi connectivity index (χ1n) is 10.2. The van der Waals surface area contributed by atoms with Gasteiger partial charge < -0.3 is 15.2 Å². The molecule has 0 spiro atoms. The Labute approximate surface area is 173 Å². The fourth-order valence-electron chi connectivity index (χ4n) is 2.94. The number of nitrogens with one attached hydrogen (secondary N) is 2. The lowest BCUT2D eigenvalue weighted by atomic mass is 10.1. The molecule has 0 aliphatic carbocycles. The second kappa shape index (κ2) is 12.4. The zero-order valence-electron chi connectivity index (χ0n) is 17.6. The Hall–Kier alpha value is -2.02. The van der Waals surface area contributed by atoms with Crippen LogP contribution in [0.1, 0.15) is 38.6 Å². The van der Waals surface area contributed by atoms with Crippen LogP contribution in [0.3, 0.4) is 0 Å². The normalized spacial score (nSPS) is 11.8. The Morgan fingerprint density at radius 1 is 1.14 bits per heavy atom. The van der Waals surface area contributed by atoms with Crippen molar-refractivity contribution in [3.05, 3.63) is 41.7 Å². The van der Waals surface area contributed by atoms with Crippen molar-refractivity contribution in [2.24, 2.45) is 10.9 Å². The molecule has 28 heavy (non-hydrogen) atoms. The maximum absolute atomic E-state index is 4.71. The summed E-state index contributed by atoms with van der Waals surface area (Å²) in [5.41, 5.74) is 1.33. The summed E-state index contributed by atoms with van der Waals surface area (Å²) in [4.78, 5) is 4.71. The molecule has 154 valence electrons. The molecule has 0 fully saturated rings. The van der Waals surface area contributed by atoms with Crippen LogP contribution in [0.5, 0.6) is 0 Å². The summed E-state index contributed by atoms with van der Waals surface area (Å²) < 4.78 is 2.25. The van der Waals surface area contributed by atoms with Crippen molar-refractivity contribution >= 4 is 17.7 Å². The van der Waals surface area contributed by atoms with Crippen molar-refractivity contribution < 1.29 is 0 Å². The molecule has 0 radical (unpaired) electrons. The molecule has 2 rings (SSSR count). The lowest BCUT2D eigenvalue weighted by molar-refractivity contribution is 0.477. The molecule has 0 saturated carbocycles. The van der Waals surface area contributed by atoms with E-state index in [1.807, 2.05) is 6.07 Å². The summed E-state index contributed by atoms with van der Waals surface area (Å²) >= 11 is 1.66. The topological polar surface area (TPSA) is 67.1 Å². The van der Waals surface area contributed by atoms with Crippen LogP contribution in [0.2, 0.25) is 0 Å². The van der Waals surface area contributed by atoms with Crippen LogP contribution in [0.25, 0.3) is 0 Å². The van der Waals surface area contributed by atoms with Crippen molar-refractivity contribution in [3.8, 4) is 0 Å². The van der Waals surface area contributed by atoms with E-state index < -0.39 is 0 Å². The molecule has 2 N–H and O–H groups in total. The van der Waals surface area contributed by atoms with Crippen LogP contribution in [-0.4, -0.2) is 46.6 Å². The minimum Gasteiger partial charge on any atom is -0.357 e. The van der Waals surface area contributed by atoms with Gasteiger partial charge in [-0.15, -0.1) is 10.2 Å². The zero-order valence-corrected chi connectivity index (χ0v) is 18.4. The number of guanidine groups is 1.